The van der Waals surface area contributed by atoms with Gasteiger partial charge in [0.2, 0.25) is 6.41 Å². The number of aliphatic imine (C=N–C) groups is 1. The van der Waals surface area contributed by atoms with Crippen LogP contribution in [0.5, 0.6) is 0 Å². The minimum atomic E-state index is -0.120. The molecule has 0 atom stereocenters. The molecule has 8 heteroatoms. The number of amides is 1. The van der Waals surface area contributed by atoms with Gasteiger partial charge in [-0.1, -0.05) is 107 Å². The van der Waals surface area contributed by atoms with Crippen molar-refractivity contribution < 1.29 is 4.79 Å². The highest BCUT2D eigenvalue weighted by Crippen LogP contribution is 2.29. The Bertz CT molecular complexity index is 2010. The monoisotopic (exact) mass is 668 g/mol. The smallest absolute Gasteiger partial charge is 0.260 e. The van der Waals surface area contributed by atoms with Crippen molar-refractivity contribution in [3.8, 4) is 22.6 Å². The van der Waals surface area contributed by atoms with Crippen molar-refractivity contribution in [3.05, 3.63) is 142 Å². The van der Waals surface area contributed by atoms with Crippen LogP contribution in [0.15, 0.2) is 136 Å². The molecular formula is C42H48N6O2. The van der Waals surface area contributed by atoms with Crippen molar-refractivity contribution in [2.45, 2.75) is 41.5 Å². The van der Waals surface area contributed by atoms with Gasteiger partial charge in [-0.15, -0.1) is 0 Å². The number of nitrogens with zero attached hydrogens (tertiary/aromatic N) is 4. The molecule has 3 aromatic rings. The van der Waals surface area contributed by atoms with Crippen LogP contribution in [0.2, 0.25) is 0 Å². The predicted octanol–water partition coefficient (Wildman–Crippen LogP) is 8.87. The molecular weight excluding hydrogens is 621 g/mol. The number of nitrogens with one attached hydrogen (secondary N) is 2. The summed E-state index contributed by atoms with van der Waals surface area (Å²) in [6.45, 7) is 15.8. The van der Waals surface area contributed by atoms with Crippen LogP contribution in [0.4, 0.5) is 5.69 Å². The van der Waals surface area contributed by atoms with Crippen LogP contribution in [0, 0.1) is 6.92 Å². The van der Waals surface area contributed by atoms with E-state index < -0.39 is 0 Å². The lowest BCUT2D eigenvalue weighted by molar-refractivity contribution is -0.116. The number of H-pyrrole nitrogens is 2. The van der Waals surface area contributed by atoms with Crippen molar-refractivity contribution in [3.63, 3.8) is 0 Å². The van der Waals surface area contributed by atoms with E-state index in [9.17, 15) is 9.59 Å². The number of aromatic nitrogens is 3. The zero-order valence-corrected chi connectivity index (χ0v) is 30.0. The molecule has 2 aliphatic carbocycles. The minimum Gasteiger partial charge on any atom is -0.338 e. The Morgan fingerprint density at radius 3 is 2.32 bits per heavy atom. The van der Waals surface area contributed by atoms with Gasteiger partial charge in [0.05, 0.1) is 28.0 Å². The van der Waals surface area contributed by atoms with Crippen LogP contribution in [-0.2, 0) is 4.79 Å². The maximum atomic E-state index is 12.2. The third-order valence-electron chi connectivity index (χ3n) is 8.35. The molecule has 0 unspecified atom stereocenters. The summed E-state index contributed by atoms with van der Waals surface area (Å²) in [6, 6.07) is 25.4. The number of carbonyl (C=O) groups is 1. The number of imidazole rings is 1. The summed E-state index contributed by atoms with van der Waals surface area (Å²) < 4.78 is 0. The second-order valence-corrected chi connectivity index (χ2v) is 11.4. The van der Waals surface area contributed by atoms with Crippen molar-refractivity contribution in [1.29, 1.82) is 0 Å². The van der Waals surface area contributed by atoms with Crippen LogP contribution < -0.4 is 5.56 Å². The van der Waals surface area contributed by atoms with Crippen LogP contribution >= 0.6 is 0 Å². The number of fused-ring (bicyclic) bond motifs is 2. The molecule has 1 aliphatic heterocycles. The van der Waals surface area contributed by atoms with Gasteiger partial charge in [-0.2, -0.15) is 0 Å². The lowest BCUT2D eigenvalue weighted by Gasteiger charge is -2.26. The van der Waals surface area contributed by atoms with E-state index in [-0.39, 0.29) is 5.56 Å². The maximum Gasteiger partial charge on any atom is 0.260 e. The first kappa shape index (κ1) is 37.2. The van der Waals surface area contributed by atoms with Gasteiger partial charge < -0.3 is 19.8 Å². The molecule has 6 rings (SSSR count). The molecule has 0 saturated heterocycles. The molecule has 2 N–H and O–H groups in total. The molecule has 1 amide bonds. The molecule has 50 heavy (non-hydrogen) atoms. The van der Waals surface area contributed by atoms with E-state index in [1.807, 2.05) is 130 Å². The second kappa shape index (κ2) is 18.8. The van der Waals surface area contributed by atoms with Crippen LogP contribution in [0.1, 0.15) is 40.2 Å². The number of carbonyl (C=O) groups excluding carboxylic acids is 1. The highest BCUT2D eigenvalue weighted by molar-refractivity contribution is 5.86. The van der Waals surface area contributed by atoms with Gasteiger partial charge in [0.25, 0.3) is 5.56 Å². The molecule has 0 bridgehead atoms. The molecule has 8 nitrogen and oxygen atoms in total. The topological polar surface area (TPSA) is 97.4 Å². The summed E-state index contributed by atoms with van der Waals surface area (Å²) in [5.41, 5.74) is 8.97. The molecule has 0 radical (unpaired) electrons. The van der Waals surface area contributed by atoms with Crippen LogP contribution in [0.25, 0.3) is 33.7 Å². The Morgan fingerprint density at radius 2 is 1.58 bits per heavy atom. The number of rotatable bonds is 10. The fourth-order valence-electron chi connectivity index (χ4n) is 5.57. The Morgan fingerprint density at radius 1 is 0.860 bits per heavy atom. The summed E-state index contributed by atoms with van der Waals surface area (Å²) in [7, 11) is 0. The number of aryl methyl sites for hydroxylation is 1. The van der Waals surface area contributed by atoms with Crippen molar-refractivity contribution in [2.24, 2.45) is 4.99 Å². The van der Waals surface area contributed by atoms with E-state index in [0.717, 1.165) is 76.4 Å². The molecule has 258 valence electrons. The highest BCUT2D eigenvalue weighted by atomic mass is 16.1. The lowest BCUT2D eigenvalue weighted by Crippen LogP contribution is -2.34. The van der Waals surface area contributed by atoms with E-state index in [2.05, 4.69) is 51.7 Å². The first-order chi connectivity index (χ1) is 24.4. The van der Waals surface area contributed by atoms with Crippen molar-refractivity contribution in [1.82, 2.24) is 24.8 Å². The van der Waals surface area contributed by atoms with Gasteiger partial charge in [-0.3, -0.25) is 14.6 Å². The van der Waals surface area contributed by atoms with E-state index in [1.165, 1.54) is 0 Å². The normalized spacial score (nSPS) is 13.4. The summed E-state index contributed by atoms with van der Waals surface area (Å²) in [5.74, 6) is 0.605. The van der Waals surface area contributed by atoms with Gasteiger partial charge in [0.1, 0.15) is 5.82 Å². The number of likely N-dealkylation sites (N-methyl/N-ethyl adjacent to an activating group) is 1. The van der Waals surface area contributed by atoms with Crippen LogP contribution in [-0.4, -0.2) is 63.6 Å². The van der Waals surface area contributed by atoms with Crippen LogP contribution in [0.3, 0.4) is 0 Å². The Hall–Kier alpha value is -5.60. The average molecular weight is 669 g/mol. The molecule has 0 fully saturated rings. The van der Waals surface area contributed by atoms with E-state index in [1.54, 1.807) is 4.90 Å². The van der Waals surface area contributed by atoms with Gasteiger partial charge in [-0.25, -0.2) is 4.98 Å². The zero-order chi connectivity index (χ0) is 35.9. The molecule has 0 spiro atoms. The third kappa shape index (κ3) is 9.30. The molecule has 1 aromatic heterocycles. The fraction of sp³-hybridized carbons (Fsp3) is 0.238. The highest BCUT2D eigenvalue weighted by Gasteiger charge is 2.18. The third-order valence-corrected chi connectivity index (χ3v) is 8.35. The first-order valence-corrected chi connectivity index (χ1v) is 17.3. The first-order valence-electron chi connectivity index (χ1n) is 17.3. The molecule has 2 aromatic carbocycles. The number of aromatic amines is 2. The summed E-state index contributed by atoms with van der Waals surface area (Å²) in [6.07, 6.45) is 12.8. The van der Waals surface area contributed by atoms with Gasteiger partial charge in [0.15, 0.2) is 0 Å². The van der Waals surface area contributed by atoms with Gasteiger partial charge in [0, 0.05) is 36.1 Å². The van der Waals surface area contributed by atoms with E-state index >= 15 is 0 Å². The summed E-state index contributed by atoms with van der Waals surface area (Å²) >= 11 is 0. The van der Waals surface area contributed by atoms with E-state index in [4.69, 9.17) is 0 Å². The van der Waals surface area contributed by atoms with E-state index in [0.29, 0.717) is 17.9 Å². The molecule has 0 saturated carbocycles. The Balaban J connectivity index is 0.000000223. The number of hydrogen-bond acceptors (Lipinski definition) is 5. The van der Waals surface area contributed by atoms with Crippen molar-refractivity contribution in [2.75, 3.05) is 26.2 Å². The summed E-state index contributed by atoms with van der Waals surface area (Å²) in [5, 5.41) is 0. The number of hydrogen-bond donors (Lipinski definition) is 2. The SMILES string of the molecule is CC.CCN(CC)CCN(C=O)C1=CC=CC=C/C1=C(/C)C=Nc1ccccc1C.O=c1[nH]c2cccccc-2c1-c1nc2ccccc2[nH]1. The lowest BCUT2D eigenvalue weighted by atomic mass is 10.1. The predicted molar refractivity (Wildman–Crippen MR) is 209 cm³/mol. The molecule has 3 aliphatic rings. The zero-order valence-electron chi connectivity index (χ0n) is 30.0. The van der Waals surface area contributed by atoms with Crippen molar-refractivity contribution >= 4 is 29.3 Å². The largest absolute Gasteiger partial charge is 0.338 e. The Labute approximate surface area is 295 Å². The quantitative estimate of drug-likeness (QED) is 0.115. The van der Waals surface area contributed by atoms with Gasteiger partial charge >= 0.3 is 0 Å². The minimum absolute atomic E-state index is 0.120. The van der Waals surface area contributed by atoms with Gasteiger partial charge in [-0.05, 0) is 68.4 Å². The number of benzene rings is 2. The fourth-order valence-corrected chi connectivity index (χ4v) is 5.57. The number of allylic oxidation sites excluding steroid dienone is 6. The number of para-hydroxylation sites is 3. The molecule has 2 heterocycles. The average Bonchev–Trinajstić information content (AvgIpc) is 3.48. The standard InChI is InChI=1S/C24H31N3O.C16H11N3O.C2H6/c1-5-26(6-2)16-17-27(19-28)24-15-9-7-8-13-22(24)21(4)18-25-23-14-11-10-12-20(23)3;20-16-14(10-6-2-1-3-7-11(10)19-16)15-17-12-8-4-5-9-13(12)18-15;1-2/h7-15,18-19H,5-6,16-17H2,1-4H3;1-9H,(H,17,18)(H,19,20);1-2H3/b22-21+,25-18?;;. The Kier molecular flexibility index (Phi) is 14.0. The maximum absolute atomic E-state index is 12.2. The second-order valence-electron chi connectivity index (χ2n) is 11.4. The summed E-state index contributed by atoms with van der Waals surface area (Å²) in [4.78, 5) is 43.4.